The molecule has 1 aliphatic rings. The fraction of sp³-hybridized carbons (Fsp3) is 0.400. The molecule has 170 valence electrons. The summed E-state index contributed by atoms with van der Waals surface area (Å²) in [6.45, 7) is 6.26. The van der Waals surface area contributed by atoms with Gasteiger partial charge in [0.15, 0.2) is 6.61 Å². The Bertz CT molecular complexity index is 966. The van der Waals surface area contributed by atoms with Crippen molar-refractivity contribution in [1.82, 2.24) is 0 Å². The highest BCUT2D eigenvalue weighted by molar-refractivity contribution is 6.01. The molecule has 1 aliphatic heterocycles. The number of nitrogens with zero attached hydrogens (tertiary/aromatic N) is 1. The quantitative estimate of drug-likeness (QED) is 0.603. The first kappa shape index (κ1) is 23.3. The van der Waals surface area contributed by atoms with Crippen LogP contribution in [-0.2, 0) is 32.0 Å². The fourth-order valence-corrected chi connectivity index (χ4v) is 3.94. The maximum Gasteiger partial charge on any atom is 0.311 e. The number of esters is 1. The lowest BCUT2D eigenvalue weighted by Crippen LogP contribution is -2.29. The Kier molecular flexibility index (Phi) is 7.87. The van der Waals surface area contributed by atoms with Crippen molar-refractivity contribution in [3.63, 3.8) is 0 Å². The highest BCUT2D eigenvalue weighted by Gasteiger charge is 2.37. The molecule has 3 rings (SSSR count). The fourth-order valence-electron chi connectivity index (χ4n) is 3.94. The molecule has 1 N–H and O–H groups in total. The molecule has 1 fully saturated rings. The summed E-state index contributed by atoms with van der Waals surface area (Å²) in [4.78, 5) is 39.3. The highest BCUT2D eigenvalue weighted by atomic mass is 16.5. The number of ether oxygens (including phenoxy) is 2. The summed E-state index contributed by atoms with van der Waals surface area (Å²) in [6.07, 6.45) is 1.67. The maximum absolute atomic E-state index is 12.7. The maximum atomic E-state index is 12.7. The Hall–Kier alpha value is -3.35. The zero-order valence-corrected chi connectivity index (χ0v) is 18.8. The number of aryl methyl sites for hydroxylation is 2. The normalized spacial score (nSPS) is 15.5. The van der Waals surface area contributed by atoms with Crippen LogP contribution >= 0.6 is 0 Å². The van der Waals surface area contributed by atoms with Gasteiger partial charge in [0.05, 0.1) is 18.2 Å². The van der Waals surface area contributed by atoms with Crippen LogP contribution in [0.15, 0.2) is 42.5 Å². The number of amides is 2. The number of benzene rings is 2. The van der Waals surface area contributed by atoms with Crippen LogP contribution in [0.4, 0.5) is 11.4 Å². The number of hydrogen-bond donors (Lipinski definition) is 1. The molecular weight excluding hydrogens is 408 g/mol. The molecule has 0 aromatic heterocycles. The standard InChI is InChI=1S/C25H30N2O5/c1-4-17-10-9-11-18(5-2)24(17)27-15-19(14-23(27)29)25(30)32-16-22(28)26-20-12-7-8-13-21(20)31-6-3/h7-13,19H,4-6,14-16H2,1-3H3,(H,26,28)/t19-/m1/s1. The number of rotatable bonds is 9. The minimum absolute atomic E-state index is 0.0782. The Labute approximate surface area is 188 Å². The van der Waals surface area contributed by atoms with Crippen LogP contribution in [0.3, 0.4) is 0 Å². The summed E-state index contributed by atoms with van der Waals surface area (Å²) in [5.74, 6) is -1.15. The van der Waals surface area contributed by atoms with Crippen LogP contribution in [0, 0.1) is 5.92 Å². The minimum Gasteiger partial charge on any atom is -0.492 e. The summed E-state index contributed by atoms with van der Waals surface area (Å²) < 4.78 is 10.7. The van der Waals surface area contributed by atoms with Gasteiger partial charge in [-0.05, 0) is 43.0 Å². The van der Waals surface area contributed by atoms with E-state index >= 15 is 0 Å². The Morgan fingerprint density at radius 3 is 2.38 bits per heavy atom. The van der Waals surface area contributed by atoms with Crippen molar-refractivity contribution in [2.45, 2.75) is 40.0 Å². The molecule has 0 saturated carbocycles. The van der Waals surface area contributed by atoms with E-state index in [1.54, 1.807) is 23.1 Å². The second-order valence-corrected chi connectivity index (χ2v) is 7.62. The SMILES string of the molecule is CCOc1ccccc1NC(=O)COC(=O)[C@@H]1CC(=O)N(c2c(CC)cccc2CC)C1. The van der Waals surface area contributed by atoms with Crippen molar-refractivity contribution in [1.29, 1.82) is 0 Å². The predicted octanol–water partition coefficient (Wildman–Crippen LogP) is 3.74. The van der Waals surface area contributed by atoms with Crippen molar-refractivity contribution in [3.05, 3.63) is 53.6 Å². The summed E-state index contributed by atoms with van der Waals surface area (Å²) in [6, 6.07) is 13.1. The molecular formula is C25H30N2O5. The second-order valence-electron chi connectivity index (χ2n) is 7.62. The van der Waals surface area contributed by atoms with Crippen LogP contribution in [-0.4, -0.2) is 37.5 Å². The molecule has 1 heterocycles. The predicted molar refractivity (Wildman–Crippen MR) is 123 cm³/mol. The smallest absolute Gasteiger partial charge is 0.311 e. The van der Waals surface area contributed by atoms with Crippen LogP contribution < -0.4 is 15.0 Å². The van der Waals surface area contributed by atoms with Crippen molar-refractivity contribution in [3.8, 4) is 5.75 Å². The van der Waals surface area contributed by atoms with Crippen molar-refractivity contribution < 1.29 is 23.9 Å². The van der Waals surface area contributed by atoms with Gasteiger partial charge in [0.2, 0.25) is 5.91 Å². The van der Waals surface area contributed by atoms with Crippen LogP contribution in [0.5, 0.6) is 5.75 Å². The second kappa shape index (κ2) is 10.8. The van der Waals surface area contributed by atoms with Gasteiger partial charge >= 0.3 is 5.97 Å². The molecule has 0 aliphatic carbocycles. The van der Waals surface area contributed by atoms with E-state index in [9.17, 15) is 14.4 Å². The molecule has 0 bridgehead atoms. The van der Waals surface area contributed by atoms with Crippen molar-refractivity contribution in [2.75, 3.05) is 30.0 Å². The number of carbonyl (C=O) groups is 3. The van der Waals surface area contributed by atoms with E-state index in [1.807, 2.05) is 45.0 Å². The lowest BCUT2D eigenvalue weighted by molar-refractivity contribution is -0.151. The Balaban J connectivity index is 1.61. The lowest BCUT2D eigenvalue weighted by Gasteiger charge is -2.23. The molecule has 0 unspecified atom stereocenters. The molecule has 32 heavy (non-hydrogen) atoms. The Morgan fingerprint density at radius 1 is 1.03 bits per heavy atom. The number of hydrogen-bond acceptors (Lipinski definition) is 5. The van der Waals surface area contributed by atoms with E-state index in [0.717, 1.165) is 29.7 Å². The molecule has 7 nitrogen and oxygen atoms in total. The van der Waals surface area contributed by atoms with E-state index in [-0.39, 0.29) is 18.9 Å². The average molecular weight is 439 g/mol. The first-order valence-electron chi connectivity index (χ1n) is 11.1. The average Bonchev–Trinajstić information content (AvgIpc) is 3.19. The first-order valence-corrected chi connectivity index (χ1v) is 11.1. The van der Waals surface area contributed by atoms with Crippen molar-refractivity contribution >= 4 is 29.2 Å². The summed E-state index contributed by atoms with van der Waals surface area (Å²) in [5, 5.41) is 2.70. The van der Waals surface area contributed by atoms with Gasteiger partial charge in [-0.15, -0.1) is 0 Å². The molecule has 2 aromatic carbocycles. The molecule has 2 aromatic rings. The van der Waals surface area contributed by atoms with Gasteiger partial charge in [-0.1, -0.05) is 44.2 Å². The summed E-state index contributed by atoms with van der Waals surface area (Å²) in [5.41, 5.74) is 3.59. The minimum atomic E-state index is -0.597. The van der Waals surface area contributed by atoms with Gasteiger partial charge in [0.1, 0.15) is 5.75 Å². The third-order valence-corrected chi connectivity index (χ3v) is 5.50. The molecule has 1 saturated heterocycles. The van der Waals surface area contributed by atoms with Crippen molar-refractivity contribution in [2.24, 2.45) is 5.92 Å². The van der Waals surface area contributed by atoms with E-state index in [1.165, 1.54) is 0 Å². The first-order chi connectivity index (χ1) is 15.5. The van der Waals surface area contributed by atoms with E-state index < -0.39 is 24.4 Å². The van der Waals surface area contributed by atoms with Crippen LogP contribution in [0.2, 0.25) is 0 Å². The van der Waals surface area contributed by atoms with Gasteiger partial charge < -0.3 is 19.7 Å². The van der Waals surface area contributed by atoms with E-state index in [4.69, 9.17) is 9.47 Å². The lowest BCUT2D eigenvalue weighted by atomic mass is 10.0. The number of anilines is 2. The van der Waals surface area contributed by atoms with E-state index in [0.29, 0.717) is 18.0 Å². The monoisotopic (exact) mass is 438 g/mol. The third kappa shape index (κ3) is 5.28. The number of nitrogens with one attached hydrogen (secondary N) is 1. The topological polar surface area (TPSA) is 84.9 Å². The summed E-state index contributed by atoms with van der Waals surface area (Å²) in [7, 11) is 0. The molecule has 0 radical (unpaired) electrons. The highest BCUT2D eigenvalue weighted by Crippen LogP contribution is 2.32. The zero-order chi connectivity index (χ0) is 23.1. The zero-order valence-electron chi connectivity index (χ0n) is 18.8. The van der Waals surface area contributed by atoms with Gasteiger partial charge in [-0.25, -0.2) is 0 Å². The number of carbonyl (C=O) groups excluding carboxylic acids is 3. The molecule has 1 atom stereocenters. The largest absolute Gasteiger partial charge is 0.492 e. The van der Waals surface area contributed by atoms with Gasteiger partial charge in [0.25, 0.3) is 5.91 Å². The molecule has 2 amide bonds. The van der Waals surface area contributed by atoms with Crippen LogP contribution in [0.25, 0.3) is 0 Å². The Morgan fingerprint density at radius 2 is 1.72 bits per heavy atom. The van der Waals surface area contributed by atoms with Gasteiger partial charge in [0, 0.05) is 18.7 Å². The van der Waals surface area contributed by atoms with Crippen LogP contribution in [0.1, 0.15) is 38.3 Å². The van der Waals surface area contributed by atoms with Gasteiger partial charge in [-0.3, -0.25) is 14.4 Å². The number of para-hydroxylation sites is 3. The van der Waals surface area contributed by atoms with Gasteiger partial charge in [-0.2, -0.15) is 0 Å². The summed E-state index contributed by atoms with van der Waals surface area (Å²) >= 11 is 0. The molecule has 0 spiro atoms. The van der Waals surface area contributed by atoms with E-state index in [2.05, 4.69) is 5.32 Å². The third-order valence-electron chi connectivity index (χ3n) is 5.50. The molecule has 7 heteroatoms.